The van der Waals surface area contributed by atoms with Gasteiger partial charge in [0.15, 0.2) is 0 Å². The minimum atomic E-state index is -0.314. The summed E-state index contributed by atoms with van der Waals surface area (Å²) in [7, 11) is 0. The quantitative estimate of drug-likeness (QED) is 0.145. The number of carbonyl (C=O) groups is 2. The Morgan fingerprint density at radius 3 is 2.30 bits per heavy atom. The normalized spacial score (nSPS) is 13.4. The number of ether oxygens (including phenoxy) is 3. The highest BCUT2D eigenvalue weighted by Gasteiger charge is 2.18. The molecule has 5 aromatic rings. The fourth-order valence-corrected chi connectivity index (χ4v) is 5.88. The lowest BCUT2D eigenvalue weighted by Gasteiger charge is -2.25. The van der Waals surface area contributed by atoms with E-state index >= 15 is 0 Å². The van der Waals surface area contributed by atoms with E-state index in [1.165, 1.54) is 0 Å². The molecule has 0 aliphatic carbocycles. The van der Waals surface area contributed by atoms with Crippen molar-refractivity contribution in [1.82, 2.24) is 9.88 Å². The predicted octanol–water partition coefficient (Wildman–Crippen LogP) is 6.53. The van der Waals surface area contributed by atoms with Crippen LogP contribution in [0, 0.1) is 0 Å². The zero-order valence-corrected chi connectivity index (χ0v) is 26.1. The number of hydrogen-bond acceptors (Lipinski definition) is 7. The molecule has 46 heavy (non-hydrogen) atoms. The minimum Gasteiger partial charge on any atom is -0.466 e. The van der Waals surface area contributed by atoms with E-state index in [0.717, 1.165) is 33.2 Å². The first-order chi connectivity index (χ1) is 22.4. The van der Waals surface area contributed by atoms with Crippen molar-refractivity contribution < 1.29 is 23.8 Å². The van der Waals surface area contributed by atoms with E-state index in [1.54, 1.807) is 19.1 Å². The van der Waals surface area contributed by atoms with Gasteiger partial charge in [-0.05, 0) is 58.8 Å². The van der Waals surface area contributed by atoms with Crippen LogP contribution in [0.4, 0.5) is 0 Å². The van der Waals surface area contributed by atoms with Gasteiger partial charge in [0.05, 0.1) is 37.8 Å². The molecule has 9 heteroatoms. The molecule has 1 N–H and O–H groups in total. The highest BCUT2D eigenvalue weighted by Crippen LogP contribution is 2.35. The maximum atomic E-state index is 13.1. The average Bonchev–Trinajstić information content (AvgIpc) is 3.05. The number of hydrogen-bond donors (Lipinski definition) is 1. The molecule has 1 aliphatic heterocycles. The monoisotopic (exact) mass is 636 g/mol. The lowest BCUT2D eigenvalue weighted by molar-refractivity contribution is -0.142. The molecule has 1 fully saturated rings. The summed E-state index contributed by atoms with van der Waals surface area (Å²) in [6.45, 7) is 4.93. The standard InChI is InChI=1S/C37H33ClN2O6/c1-2-45-35(41)19-24-6-5-7-27(18-24)31-21-28-20-30(32(38)22-33(28)39-37(31)43)26-12-10-25(11-13-26)29-8-3-4-9-34(29)46-36(42)23-40-14-16-44-17-15-40/h3-13,18,20-22H,2,14-17,19,23H2,1H3,(H,39,43). The van der Waals surface area contributed by atoms with Gasteiger partial charge in [0.2, 0.25) is 0 Å². The fraction of sp³-hybridized carbons (Fsp3) is 0.216. The second-order valence-corrected chi connectivity index (χ2v) is 11.5. The Morgan fingerprint density at radius 1 is 0.826 bits per heavy atom. The van der Waals surface area contributed by atoms with E-state index < -0.39 is 0 Å². The molecule has 0 atom stereocenters. The van der Waals surface area contributed by atoms with Crippen LogP contribution in [0.3, 0.4) is 0 Å². The van der Waals surface area contributed by atoms with Crippen LogP contribution in [0.5, 0.6) is 5.75 Å². The number of pyridine rings is 1. The highest BCUT2D eigenvalue weighted by molar-refractivity contribution is 6.34. The summed E-state index contributed by atoms with van der Waals surface area (Å²) in [5, 5.41) is 1.31. The second-order valence-electron chi connectivity index (χ2n) is 11.0. The number of aromatic nitrogens is 1. The van der Waals surface area contributed by atoms with E-state index in [9.17, 15) is 14.4 Å². The summed E-state index contributed by atoms with van der Waals surface area (Å²) in [5.74, 6) is -0.122. The van der Waals surface area contributed by atoms with Crippen LogP contribution < -0.4 is 10.3 Å². The van der Waals surface area contributed by atoms with Crippen LogP contribution in [-0.4, -0.2) is 61.3 Å². The Morgan fingerprint density at radius 2 is 1.54 bits per heavy atom. The summed E-state index contributed by atoms with van der Waals surface area (Å²) >= 11 is 6.73. The van der Waals surface area contributed by atoms with Gasteiger partial charge in [-0.3, -0.25) is 19.3 Å². The Balaban J connectivity index is 1.26. The average molecular weight is 637 g/mol. The van der Waals surface area contributed by atoms with Crippen molar-refractivity contribution in [2.45, 2.75) is 13.3 Å². The molecule has 0 bridgehead atoms. The fourth-order valence-electron chi connectivity index (χ4n) is 5.61. The van der Waals surface area contributed by atoms with Crippen molar-refractivity contribution in [3.05, 3.63) is 112 Å². The topological polar surface area (TPSA) is 97.9 Å². The van der Waals surface area contributed by atoms with Gasteiger partial charge in [0.1, 0.15) is 5.75 Å². The first-order valence-corrected chi connectivity index (χ1v) is 15.6. The van der Waals surface area contributed by atoms with Gasteiger partial charge in [-0.2, -0.15) is 0 Å². The number of rotatable bonds is 9. The van der Waals surface area contributed by atoms with E-state index in [-0.39, 0.29) is 30.5 Å². The SMILES string of the molecule is CCOC(=O)Cc1cccc(-c2cc3cc(-c4ccc(-c5ccccc5OC(=O)CN5CCOCC5)cc4)c(Cl)cc3[nH]c2=O)c1. The van der Waals surface area contributed by atoms with Crippen LogP contribution in [-0.2, 0) is 25.5 Å². The number of carbonyl (C=O) groups excluding carboxylic acids is 2. The first kappa shape index (κ1) is 31.2. The molecule has 0 saturated carbocycles. The molecular formula is C37H33ClN2O6. The third kappa shape index (κ3) is 7.21. The molecule has 0 amide bonds. The second kappa shape index (κ2) is 14.1. The van der Waals surface area contributed by atoms with Crippen molar-refractivity contribution in [3.63, 3.8) is 0 Å². The summed E-state index contributed by atoms with van der Waals surface area (Å²) < 4.78 is 16.2. The summed E-state index contributed by atoms with van der Waals surface area (Å²) in [6.07, 6.45) is 0.129. The lowest BCUT2D eigenvalue weighted by Crippen LogP contribution is -2.40. The van der Waals surface area contributed by atoms with Gasteiger partial charge in [-0.15, -0.1) is 0 Å². The van der Waals surface area contributed by atoms with Crippen LogP contribution in [0.2, 0.25) is 5.02 Å². The van der Waals surface area contributed by atoms with E-state index in [0.29, 0.717) is 60.3 Å². The van der Waals surface area contributed by atoms with Gasteiger partial charge >= 0.3 is 11.9 Å². The molecule has 1 aromatic heterocycles. The molecule has 4 aromatic carbocycles. The number of benzene rings is 4. The van der Waals surface area contributed by atoms with Gasteiger partial charge < -0.3 is 19.2 Å². The number of esters is 2. The minimum absolute atomic E-state index is 0.129. The molecule has 234 valence electrons. The van der Waals surface area contributed by atoms with Crippen LogP contribution in [0.25, 0.3) is 44.3 Å². The van der Waals surface area contributed by atoms with Crippen molar-refractivity contribution in [2.24, 2.45) is 0 Å². The Bertz CT molecular complexity index is 1950. The number of nitrogens with one attached hydrogen (secondary N) is 1. The van der Waals surface area contributed by atoms with Crippen LogP contribution in [0.1, 0.15) is 12.5 Å². The predicted molar refractivity (Wildman–Crippen MR) is 179 cm³/mol. The van der Waals surface area contributed by atoms with Crippen molar-refractivity contribution >= 4 is 34.4 Å². The number of halogens is 1. The van der Waals surface area contributed by atoms with Gasteiger partial charge in [-0.1, -0.05) is 78.3 Å². The van der Waals surface area contributed by atoms with Crippen molar-refractivity contribution in [2.75, 3.05) is 39.5 Å². The van der Waals surface area contributed by atoms with Gasteiger partial charge in [0.25, 0.3) is 5.56 Å². The van der Waals surface area contributed by atoms with Crippen LogP contribution in [0.15, 0.2) is 95.8 Å². The Hall–Kier alpha value is -4.76. The number of fused-ring (bicyclic) bond motifs is 1. The molecule has 0 radical (unpaired) electrons. The zero-order chi connectivity index (χ0) is 32.0. The molecular weight excluding hydrogens is 604 g/mol. The molecule has 8 nitrogen and oxygen atoms in total. The third-order valence-corrected chi connectivity index (χ3v) is 8.21. The molecule has 0 spiro atoms. The smallest absolute Gasteiger partial charge is 0.325 e. The van der Waals surface area contributed by atoms with Gasteiger partial charge in [0, 0.05) is 35.3 Å². The van der Waals surface area contributed by atoms with Crippen LogP contribution >= 0.6 is 11.6 Å². The third-order valence-electron chi connectivity index (χ3n) is 7.90. The maximum absolute atomic E-state index is 13.1. The first-order valence-electron chi connectivity index (χ1n) is 15.2. The lowest BCUT2D eigenvalue weighted by atomic mass is 9.97. The molecule has 0 unspecified atom stereocenters. The van der Waals surface area contributed by atoms with E-state index in [1.807, 2.05) is 83.8 Å². The summed E-state index contributed by atoms with van der Waals surface area (Å²) in [6, 6.07) is 28.3. The number of aromatic amines is 1. The van der Waals surface area contributed by atoms with E-state index in [4.69, 9.17) is 25.8 Å². The molecule has 1 saturated heterocycles. The Labute approximate surface area is 271 Å². The summed E-state index contributed by atoms with van der Waals surface area (Å²) in [5.41, 5.74) is 5.72. The van der Waals surface area contributed by atoms with Gasteiger partial charge in [-0.25, -0.2) is 0 Å². The van der Waals surface area contributed by atoms with E-state index in [2.05, 4.69) is 4.98 Å². The zero-order valence-electron chi connectivity index (χ0n) is 25.4. The summed E-state index contributed by atoms with van der Waals surface area (Å²) in [4.78, 5) is 42.8. The molecule has 6 rings (SSSR count). The number of H-pyrrole nitrogens is 1. The van der Waals surface area contributed by atoms with Crippen molar-refractivity contribution in [3.8, 4) is 39.1 Å². The van der Waals surface area contributed by atoms with Crippen molar-refractivity contribution in [1.29, 1.82) is 0 Å². The molecule has 2 heterocycles. The molecule has 1 aliphatic rings. The number of para-hydroxylation sites is 1. The number of morpholine rings is 1. The maximum Gasteiger partial charge on any atom is 0.325 e. The number of nitrogens with zero attached hydrogens (tertiary/aromatic N) is 1. The Kier molecular flexibility index (Phi) is 9.59. The largest absolute Gasteiger partial charge is 0.466 e. The highest BCUT2D eigenvalue weighted by atomic mass is 35.5.